The zero-order valence-corrected chi connectivity index (χ0v) is 11.2. The maximum absolute atomic E-state index is 6.57. The zero-order chi connectivity index (χ0) is 12.5. The van der Waals surface area contributed by atoms with Gasteiger partial charge in [0, 0.05) is 12.5 Å². The molecule has 3 unspecified atom stereocenters. The molecule has 0 bridgehead atoms. The lowest BCUT2D eigenvalue weighted by Crippen LogP contribution is -2.18. The van der Waals surface area contributed by atoms with Gasteiger partial charge in [-0.25, -0.2) is 0 Å². The number of alkyl halides is 1. The van der Waals surface area contributed by atoms with Gasteiger partial charge in [0.25, 0.3) is 0 Å². The van der Waals surface area contributed by atoms with Crippen LogP contribution in [0.2, 0.25) is 0 Å². The van der Waals surface area contributed by atoms with Crippen molar-refractivity contribution in [1.29, 1.82) is 0 Å². The Balaban J connectivity index is 1.83. The van der Waals surface area contributed by atoms with E-state index in [1.54, 1.807) is 0 Å². The lowest BCUT2D eigenvalue weighted by molar-refractivity contribution is 0.105. The van der Waals surface area contributed by atoms with Crippen LogP contribution in [0.25, 0.3) is 0 Å². The molecule has 0 aromatic heterocycles. The quantitative estimate of drug-likeness (QED) is 0.771. The summed E-state index contributed by atoms with van der Waals surface area (Å²) in [6.45, 7) is 4.11. The third-order valence-electron chi connectivity index (χ3n) is 3.70. The molecule has 3 rings (SSSR count). The fraction of sp³-hybridized carbons (Fsp3) is 0.571. The highest BCUT2D eigenvalue weighted by molar-refractivity contribution is 6.21. The first-order chi connectivity index (χ1) is 8.75. The topological polar surface area (TPSA) is 27.7 Å². The first-order valence-corrected chi connectivity index (χ1v) is 6.84. The molecule has 4 heteroatoms. The number of hydrogen-bond acceptors (Lipinski definition) is 3. The Morgan fingerprint density at radius 2 is 1.94 bits per heavy atom. The first-order valence-electron chi connectivity index (χ1n) is 6.41. The van der Waals surface area contributed by atoms with Gasteiger partial charge in [0.1, 0.15) is 13.2 Å². The van der Waals surface area contributed by atoms with Crippen LogP contribution in [0.15, 0.2) is 18.2 Å². The van der Waals surface area contributed by atoms with E-state index in [9.17, 15) is 0 Å². The maximum atomic E-state index is 6.57. The van der Waals surface area contributed by atoms with Gasteiger partial charge in [-0.05, 0) is 31.0 Å². The molecule has 0 amide bonds. The molecule has 3 nitrogen and oxygen atoms in total. The van der Waals surface area contributed by atoms with Gasteiger partial charge in [0.2, 0.25) is 0 Å². The van der Waals surface area contributed by atoms with Crippen molar-refractivity contribution >= 4 is 11.6 Å². The summed E-state index contributed by atoms with van der Waals surface area (Å²) in [6.07, 6.45) is 1.24. The van der Waals surface area contributed by atoms with E-state index in [2.05, 4.69) is 6.92 Å². The molecule has 0 spiro atoms. The van der Waals surface area contributed by atoms with E-state index in [4.69, 9.17) is 25.8 Å². The predicted molar refractivity (Wildman–Crippen MR) is 69.5 cm³/mol. The lowest BCUT2D eigenvalue weighted by atomic mass is 9.93. The van der Waals surface area contributed by atoms with Crippen LogP contribution in [0, 0.1) is 5.92 Å². The molecule has 2 aliphatic rings. The van der Waals surface area contributed by atoms with Crippen LogP contribution in [-0.4, -0.2) is 25.9 Å². The summed E-state index contributed by atoms with van der Waals surface area (Å²) in [6, 6.07) is 5.97. The van der Waals surface area contributed by atoms with Crippen molar-refractivity contribution in [2.24, 2.45) is 5.92 Å². The van der Waals surface area contributed by atoms with Crippen LogP contribution in [0.5, 0.6) is 11.5 Å². The van der Waals surface area contributed by atoms with E-state index in [0.717, 1.165) is 30.1 Å². The molecular weight excluding hydrogens is 252 g/mol. The number of ether oxygens (including phenoxy) is 3. The molecule has 2 aliphatic heterocycles. The molecule has 0 saturated carbocycles. The summed E-state index contributed by atoms with van der Waals surface area (Å²) in [4.78, 5) is 0. The maximum Gasteiger partial charge on any atom is 0.161 e. The molecule has 1 aromatic rings. The molecular formula is C14H17ClO3. The van der Waals surface area contributed by atoms with Crippen LogP contribution < -0.4 is 9.47 Å². The van der Waals surface area contributed by atoms with Crippen molar-refractivity contribution in [3.05, 3.63) is 23.8 Å². The monoisotopic (exact) mass is 268 g/mol. The van der Waals surface area contributed by atoms with Crippen LogP contribution in [0.1, 0.15) is 24.3 Å². The van der Waals surface area contributed by atoms with Gasteiger partial charge in [-0.3, -0.25) is 0 Å². The molecule has 1 saturated heterocycles. The number of benzene rings is 1. The van der Waals surface area contributed by atoms with E-state index < -0.39 is 0 Å². The Hall–Kier alpha value is -0.930. The van der Waals surface area contributed by atoms with Gasteiger partial charge >= 0.3 is 0 Å². The molecule has 2 heterocycles. The van der Waals surface area contributed by atoms with E-state index in [0.29, 0.717) is 19.1 Å². The van der Waals surface area contributed by atoms with E-state index in [-0.39, 0.29) is 11.5 Å². The van der Waals surface area contributed by atoms with Crippen LogP contribution >= 0.6 is 11.6 Å². The van der Waals surface area contributed by atoms with Crippen molar-refractivity contribution < 1.29 is 14.2 Å². The molecule has 18 heavy (non-hydrogen) atoms. The second kappa shape index (κ2) is 4.98. The van der Waals surface area contributed by atoms with Gasteiger partial charge in [-0.15, -0.1) is 11.6 Å². The van der Waals surface area contributed by atoms with Gasteiger partial charge < -0.3 is 14.2 Å². The summed E-state index contributed by atoms with van der Waals surface area (Å²) in [5.41, 5.74) is 1.09. The summed E-state index contributed by atoms with van der Waals surface area (Å²) in [7, 11) is 0. The minimum Gasteiger partial charge on any atom is -0.486 e. The third kappa shape index (κ3) is 2.17. The average molecular weight is 269 g/mol. The minimum atomic E-state index is -0.0293. The van der Waals surface area contributed by atoms with Crippen LogP contribution in [0.3, 0.4) is 0 Å². The number of fused-ring (bicyclic) bond motifs is 1. The molecule has 0 aliphatic carbocycles. The van der Waals surface area contributed by atoms with Crippen molar-refractivity contribution in [2.45, 2.75) is 24.8 Å². The van der Waals surface area contributed by atoms with E-state index >= 15 is 0 Å². The highest BCUT2D eigenvalue weighted by atomic mass is 35.5. The largest absolute Gasteiger partial charge is 0.486 e. The Bertz CT molecular complexity index is 435. The summed E-state index contributed by atoms with van der Waals surface area (Å²) in [5, 5.41) is -0.0293. The third-order valence-corrected chi connectivity index (χ3v) is 4.27. The fourth-order valence-corrected chi connectivity index (χ4v) is 3.08. The average Bonchev–Trinajstić information content (AvgIpc) is 2.83. The zero-order valence-electron chi connectivity index (χ0n) is 10.4. The molecule has 3 atom stereocenters. The first kappa shape index (κ1) is 12.1. The van der Waals surface area contributed by atoms with Crippen molar-refractivity contribution in [3.63, 3.8) is 0 Å². The van der Waals surface area contributed by atoms with Gasteiger partial charge in [0.15, 0.2) is 11.5 Å². The molecule has 0 N–H and O–H groups in total. The highest BCUT2D eigenvalue weighted by Gasteiger charge is 2.32. The van der Waals surface area contributed by atoms with Crippen LogP contribution in [-0.2, 0) is 4.74 Å². The summed E-state index contributed by atoms with van der Waals surface area (Å²) >= 11 is 6.57. The Labute approximate surface area is 112 Å². The van der Waals surface area contributed by atoms with Gasteiger partial charge in [-0.1, -0.05) is 6.07 Å². The summed E-state index contributed by atoms with van der Waals surface area (Å²) in [5.74, 6) is 1.98. The second-order valence-electron chi connectivity index (χ2n) is 4.83. The molecule has 0 radical (unpaired) electrons. The van der Waals surface area contributed by atoms with Gasteiger partial charge in [0.05, 0.1) is 11.5 Å². The number of halogens is 1. The molecule has 1 aromatic carbocycles. The Morgan fingerprint density at radius 3 is 2.67 bits per heavy atom. The highest BCUT2D eigenvalue weighted by Crippen LogP contribution is 2.41. The SMILES string of the molecule is CC1OCCC1C(Cl)c1ccc2c(c1)OCCO2. The smallest absolute Gasteiger partial charge is 0.161 e. The normalized spacial score (nSPS) is 28.1. The van der Waals surface area contributed by atoms with Crippen molar-refractivity contribution in [3.8, 4) is 11.5 Å². The Morgan fingerprint density at radius 1 is 1.17 bits per heavy atom. The van der Waals surface area contributed by atoms with E-state index in [1.165, 1.54) is 0 Å². The van der Waals surface area contributed by atoms with Crippen molar-refractivity contribution in [2.75, 3.05) is 19.8 Å². The predicted octanol–water partition coefficient (Wildman–Crippen LogP) is 3.16. The van der Waals surface area contributed by atoms with E-state index in [1.807, 2.05) is 18.2 Å². The summed E-state index contributed by atoms with van der Waals surface area (Å²) < 4.78 is 16.7. The van der Waals surface area contributed by atoms with Gasteiger partial charge in [-0.2, -0.15) is 0 Å². The molecule has 98 valence electrons. The second-order valence-corrected chi connectivity index (χ2v) is 5.30. The Kier molecular flexibility index (Phi) is 3.35. The molecule has 1 fully saturated rings. The number of rotatable bonds is 2. The van der Waals surface area contributed by atoms with Crippen molar-refractivity contribution in [1.82, 2.24) is 0 Å². The lowest BCUT2D eigenvalue weighted by Gasteiger charge is -2.23. The minimum absolute atomic E-state index is 0.0293. The fourth-order valence-electron chi connectivity index (χ4n) is 2.61. The standard InChI is InChI=1S/C14H17ClO3/c1-9-11(4-5-16-9)14(15)10-2-3-12-13(8-10)18-7-6-17-12/h2-3,8-9,11,14H,4-7H2,1H3. The van der Waals surface area contributed by atoms with Crippen LogP contribution in [0.4, 0.5) is 0 Å². The number of hydrogen-bond donors (Lipinski definition) is 0.